The first-order chi connectivity index (χ1) is 9.73. The van der Waals surface area contributed by atoms with Gasteiger partial charge in [-0.2, -0.15) is 5.26 Å². The van der Waals surface area contributed by atoms with Gasteiger partial charge in [-0.15, -0.1) is 0 Å². The number of unbranched alkanes of at least 4 members (excludes halogenated alkanes) is 1. The fraction of sp³-hybridized carbons (Fsp3) is 0.562. The molecule has 0 N–H and O–H groups in total. The predicted molar refractivity (Wildman–Crippen MR) is 80.1 cm³/mol. The predicted octanol–water partition coefficient (Wildman–Crippen LogP) is 3.39. The molecule has 0 aliphatic heterocycles. The number of methoxy groups -OCH3 is 2. The zero-order valence-electron chi connectivity index (χ0n) is 12.8. The lowest BCUT2D eigenvalue weighted by molar-refractivity contribution is 0.238. The molecule has 1 aromatic carbocycles. The van der Waals surface area contributed by atoms with Crippen molar-refractivity contribution in [2.45, 2.75) is 32.7 Å². The van der Waals surface area contributed by atoms with Crippen LogP contribution in [0.4, 0.5) is 0 Å². The number of ether oxygens (including phenoxy) is 2. The fourth-order valence-corrected chi connectivity index (χ4v) is 2.31. The fourth-order valence-electron chi connectivity index (χ4n) is 2.31. The molecule has 4 heteroatoms. The Kier molecular flexibility index (Phi) is 6.89. The van der Waals surface area contributed by atoms with E-state index in [0.717, 1.165) is 31.5 Å². The summed E-state index contributed by atoms with van der Waals surface area (Å²) in [4.78, 5) is 2.17. The molecule has 0 aromatic heterocycles. The molecule has 110 valence electrons. The zero-order chi connectivity index (χ0) is 15.0. The molecule has 0 radical (unpaired) electrons. The van der Waals surface area contributed by atoms with Crippen LogP contribution >= 0.6 is 0 Å². The maximum atomic E-state index is 9.58. The van der Waals surface area contributed by atoms with E-state index in [0.29, 0.717) is 11.5 Å². The standard InChI is InChI=1S/C16H24N2O2/c1-5-7-11-18(6-2)14(12-17)13-9-8-10-15(19-3)16(13)20-4/h8-10,14H,5-7,11H2,1-4H3. The molecule has 0 spiro atoms. The number of hydrogen-bond donors (Lipinski definition) is 0. The summed E-state index contributed by atoms with van der Waals surface area (Å²) in [5.74, 6) is 1.31. The third-order valence-corrected chi connectivity index (χ3v) is 3.42. The minimum Gasteiger partial charge on any atom is -0.493 e. The van der Waals surface area contributed by atoms with Crippen molar-refractivity contribution >= 4 is 0 Å². The van der Waals surface area contributed by atoms with Crippen molar-refractivity contribution in [1.29, 1.82) is 5.26 Å². The first kappa shape index (κ1) is 16.3. The van der Waals surface area contributed by atoms with Crippen molar-refractivity contribution in [2.75, 3.05) is 27.3 Å². The van der Waals surface area contributed by atoms with Crippen LogP contribution < -0.4 is 9.47 Å². The third-order valence-electron chi connectivity index (χ3n) is 3.42. The van der Waals surface area contributed by atoms with Crippen LogP contribution in [0.1, 0.15) is 38.3 Å². The summed E-state index contributed by atoms with van der Waals surface area (Å²) in [7, 11) is 3.22. The second kappa shape index (κ2) is 8.44. The lowest BCUT2D eigenvalue weighted by Gasteiger charge is -2.27. The van der Waals surface area contributed by atoms with Crippen LogP contribution in [0.15, 0.2) is 18.2 Å². The van der Waals surface area contributed by atoms with E-state index in [1.165, 1.54) is 0 Å². The topological polar surface area (TPSA) is 45.5 Å². The van der Waals surface area contributed by atoms with Gasteiger partial charge in [-0.25, -0.2) is 0 Å². The molecule has 0 fully saturated rings. The first-order valence-corrected chi connectivity index (χ1v) is 7.07. The Labute approximate surface area is 121 Å². The Morgan fingerprint density at radius 1 is 1.25 bits per heavy atom. The molecule has 0 saturated heterocycles. The van der Waals surface area contributed by atoms with Gasteiger partial charge >= 0.3 is 0 Å². The molecular weight excluding hydrogens is 252 g/mol. The number of hydrogen-bond acceptors (Lipinski definition) is 4. The van der Waals surface area contributed by atoms with Crippen molar-refractivity contribution in [3.05, 3.63) is 23.8 Å². The molecule has 0 saturated carbocycles. The Morgan fingerprint density at radius 3 is 2.50 bits per heavy atom. The summed E-state index contributed by atoms with van der Waals surface area (Å²) < 4.78 is 10.8. The molecule has 0 aliphatic carbocycles. The molecule has 0 amide bonds. The Balaban J connectivity index is 3.14. The summed E-state index contributed by atoms with van der Waals surface area (Å²) >= 11 is 0. The monoisotopic (exact) mass is 276 g/mol. The van der Waals surface area contributed by atoms with Gasteiger partial charge in [0.15, 0.2) is 11.5 Å². The van der Waals surface area contributed by atoms with Crippen LogP contribution in [-0.2, 0) is 0 Å². The van der Waals surface area contributed by atoms with Crippen LogP contribution in [0.25, 0.3) is 0 Å². The van der Waals surface area contributed by atoms with E-state index in [1.807, 2.05) is 18.2 Å². The second-order valence-corrected chi connectivity index (χ2v) is 4.60. The highest BCUT2D eigenvalue weighted by Gasteiger charge is 2.23. The molecule has 20 heavy (non-hydrogen) atoms. The smallest absolute Gasteiger partial charge is 0.166 e. The van der Waals surface area contributed by atoms with Gasteiger partial charge < -0.3 is 9.47 Å². The lowest BCUT2D eigenvalue weighted by Crippen LogP contribution is -2.29. The van der Waals surface area contributed by atoms with E-state index < -0.39 is 0 Å². The van der Waals surface area contributed by atoms with Gasteiger partial charge in [-0.3, -0.25) is 4.90 Å². The van der Waals surface area contributed by atoms with Crippen LogP contribution in [0, 0.1) is 11.3 Å². The van der Waals surface area contributed by atoms with E-state index in [2.05, 4.69) is 24.8 Å². The molecule has 1 atom stereocenters. The third kappa shape index (κ3) is 3.64. The van der Waals surface area contributed by atoms with E-state index in [4.69, 9.17) is 9.47 Å². The first-order valence-electron chi connectivity index (χ1n) is 7.07. The van der Waals surface area contributed by atoms with Gasteiger partial charge in [0, 0.05) is 5.56 Å². The summed E-state index contributed by atoms with van der Waals surface area (Å²) in [6, 6.07) is 7.76. The van der Waals surface area contributed by atoms with Crippen molar-refractivity contribution in [3.63, 3.8) is 0 Å². The van der Waals surface area contributed by atoms with Crippen molar-refractivity contribution in [2.24, 2.45) is 0 Å². The van der Waals surface area contributed by atoms with E-state index in [1.54, 1.807) is 14.2 Å². The summed E-state index contributed by atoms with van der Waals surface area (Å²) in [6.07, 6.45) is 2.20. The summed E-state index contributed by atoms with van der Waals surface area (Å²) in [5.41, 5.74) is 0.868. The van der Waals surface area contributed by atoms with Gasteiger partial charge in [0.1, 0.15) is 6.04 Å². The highest BCUT2D eigenvalue weighted by molar-refractivity contribution is 5.49. The maximum absolute atomic E-state index is 9.58. The Bertz CT molecular complexity index is 454. The number of benzene rings is 1. The molecule has 1 rings (SSSR count). The quantitative estimate of drug-likeness (QED) is 0.730. The number of para-hydroxylation sites is 1. The molecule has 0 aliphatic rings. The molecule has 4 nitrogen and oxygen atoms in total. The number of nitriles is 1. The minimum absolute atomic E-state index is 0.309. The SMILES string of the molecule is CCCCN(CC)C(C#N)c1cccc(OC)c1OC. The normalized spacial score (nSPS) is 12.0. The lowest BCUT2D eigenvalue weighted by atomic mass is 10.0. The average molecular weight is 276 g/mol. The number of nitrogens with zero attached hydrogens (tertiary/aromatic N) is 2. The second-order valence-electron chi connectivity index (χ2n) is 4.60. The van der Waals surface area contributed by atoms with E-state index >= 15 is 0 Å². The van der Waals surface area contributed by atoms with Gasteiger partial charge in [0.2, 0.25) is 0 Å². The van der Waals surface area contributed by atoms with E-state index in [9.17, 15) is 5.26 Å². The van der Waals surface area contributed by atoms with Crippen molar-refractivity contribution in [3.8, 4) is 17.6 Å². The van der Waals surface area contributed by atoms with Gasteiger partial charge in [0.05, 0.1) is 20.3 Å². The van der Waals surface area contributed by atoms with Crippen LogP contribution in [0.2, 0.25) is 0 Å². The summed E-state index contributed by atoms with van der Waals surface area (Å²) in [6.45, 7) is 5.97. The largest absolute Gasteiger partial charge is 0.493 e. The molecule has 0 bridgehead atoms. The van der Waals surface area contributed by atoms with Gasteiger partial charge in [0.25, 0.3) is 0 Å². The van der Waals surface area contributed by atoms with Crippen LogP contribution in [0.5, 0.6) is 11.5 Å². The molecular formula is C16H24N2O2. The average Bonchev–Trinajstić information content (AvgIpc) is 2.50. The number of rotatable bonds is 8. The Hall–Kier alpha value is -1.73. The van der Waals surface area contributed by atoms with Gasteiger partial charge in [-0.05, 0) is 25.6 Å². The van der Waals surface area contributed by atoms with E-state index in [-0.39, 0.29) is 6.04 Å². The highest BCUT2D eigenvalue weighted by atomic mass is 16.5. The Morgan fingerprint density at radius 2 is 2.00 bits per heavy atom. The molecule has 0 heterocycles. The highest BCUT2D eigenvalue weighted by Crippen LogP contribution is 2.36. The van der Waals surface area contributed by atoms with Crippen LogP contribution in [0.3, 0.4) is 0 Å². The van der Waals surface area contributed by atoms with Crippen LogP contribution in [-0.4, -0.2) is 32.2 Å². The molecule has 1 unspecified atom stereocenters. The summed E-state index contributed by atoms with van der Waals surface area (Å²) in [5, 5.41) is 9.58. The van der Waals surface area contributed by atoms with Crippen molar-refractivity contribution < 1.29 is 9.47 Å². The molecule has 1 aromatic rings. The van der Waals surface area contributed by atoms with Gasteiger partial charge in [-0.1, -0.05) is 32.4 Å². The maximum Gasteiger partial charge on any atom is 0.166 e. The zero-order valence-corrected chi connectivity index (χ0v) is 12.8. The van der Waals surface area contributed by atoms with Crippen molar-refractivity contribution in [1.82, 2.24) is 4.90 Å². The minimum atomic E-state index is -0.309.